The van der Waals surface area contributed by atoms with E-state index in [-0.39, 0.29) is 11.4 Å². The van der Waals surface area contributed by atoms with E-state index in [1.807, 2.05) is 37.3 Å². The van der Waals surface area contributed by atoms with Crippen LogP contribution >= 0.6 is 0 Å². The number of aryl methyl sites for hydroxylation is 1. The van der Waals surface area contributed by atoms with Crippen LogP contribution in [0.4, 0.5) is 5.69 Å². The molecular formula is C16H11N5O2. The summed E-state index contributed by atoms with van der Waals surface area (Å²) >= 11 is 0. The van der Waals surface area contributed by atoms with E-state index in [0.717, 1.165) is 11.1 Å². The molecule has 0 amide bonds. The Morgan fingerprint density at radius 1 is 1.22 bits per heavy atom. The highest BCUT2D eigenvalue weighted by atomic mass is 16.6. The van der Waals surface area contributed by atoms with Crippen LogP contribution < -0.4 is 0 Å². The monoisotopic (exact) mass is 305 g/mol. The van der Waals surface area contributed by atoms with E-state index in [4.69, 9.17) is 0 Å². The van der Waals surface area contributed by atoms with Crippen LogP contribution in [-0.4, -0.2) is 19.9 Å². The van der Waals surface area contributed by atoms with Crippen LogP contribution in [0, 0.1) is 28.4 Å². The molecule has 7 heteroatoms. The minimum atomic E-state index is -0.474. The van der Waals surface area contributed by atoms with Gasteiger partial charge in [0.1, 0.15) is 11.8 Å². The number of rotatable bonds is 3. The molecule has 0 N–H and O–H groups in total. The summed E-state index contributed by atoms with van der Waals surface area (Å²) in [5.41, 5.74) is 2.91. The number of non-ortho nitro benzene ring substituents is 1. The lowest BCUT2D eigenvalue weighted by Gasteiger charge is -2.07. The topological polar surface area (TPSA) is 97.6 Å². The molecule has 1 aromatic heterocycles. The number of hydrogen-bond donors (Lipinski definition) is 0. The Morgan fingerprint density at radius 2 is 2.00 bits per heavy atom. The van der Waals surface area contributed by atoms with Crippen molar-refractivity contribution in [1.29, 1.82) is 5.26 Å². The molecule has 0 saturated heterocycles. The molecule has 23 heavy (non-hydrogen) atoms. The second kappa shape index (κ2) is 5.69. The van der Waals surface area contributed by atoms with Crippen LogP contribution in [0.1, 0.15) is 11.3 Å². The van der Waals surface area contributed by atoms with Crippen molar-refractivity contribution < 1.29 is 4.92 Å². The first-order chi connectivity index (χ1) is 11.1. The molecule has 0 aliphatic carbocycles. The normalized spacial score (nSPS) is 10.3. The molecule has 0 atom stereocenters. The Balaban J connectivity index is 2.22. The highest BCUT2D eigenvalue weighted by Gasteiger charge is 2.17. The number of benzene rings is 2. The summed E-state index contributed by atoms with van der Waals surface area (Å²) in [5.74, 6) is 0. The first-order valence-corrected chi connectivity index (χ1v) is 6.78. The van der Waals surface area contributed by atoms with Crippen molar-refractivity contribution in [3.8, 4) is 23.0 Å². The van der Waals surface area contributed by atoms with Crippen molar-refractivity contribution >= 4 is 5.69 Å². The fourth-order valence-electron chi connectivity index (χ4n) is 2.33. The van der Waals surface area contributed by atoms with E-state index in [2.05, 4.69) is 10.3 Å². The van der Waals surface area contributed by atoms with Crippen molar-refractivity contribution in [2.45, 2.75) is 6.92 Å². The van der Waals surface area contributed by atoms with Gasteiger partial charge in [0, 0.05) is 17.7 Å². The average Bonchev–Trinajstić information content (AvgIpc) is 2.99. The van der Waals surface area contributed by atoms with Crippen LogP contribution in [0.5, 0.6) is 0 Å². The summed E-state index contributed by atoms with van der Waals surface area (Å²) in [6.45, 7) is 1.94. The fraction of sp³-hybridized carbons (Fsp3) is 0.0625. The van der Waals surface area contributed by atoms with Crippen LogP contribution in [0.25, 0.3) is 16.9 Å². The molecule has 3 aromatic rings. The lowest BCUT2D eigenvalue weighted by Crippen LogP contribution is -2.01. The van der Waals surface area contributed by atoms with E-state index in [1.165, 1.54) is 16.8 Å². The van der Waals surface area contributed by atoms with Crippen LogP contribution in [0.2, 0.25) is 0 Å². The van der Waals surface area contributed by atoms with E-state index in [9.17, 15) is 15.4 Å². The summed E-state index contributed by atoms with van der Waals surface area (Å²) in [6.07, 6.45) is 0. The number of nitrogens with zero attached hydrogens (tertiary/aromatic N) is 5. The molecule has 0 radical (unpaired) electrons. The molecule has 0 aliphatic heterocycles. The summed E-state index contributed by atoms with van der Waals surface area (Å²) in [6, 6.07) is 15.6. The molecule has 0 bridgehead atoms. The summed E-state index contributed by atoms with van der Waals surface area (Å²) in [7, 11) is 0. The molecule has 3 rings (SSSR count). The highest BCUT2D eigenvalue weighted by molar-refractivity contribution is 5.68. The van der Waals surface area contributed by atoms with Crippen LogP contribution in [0.3, 0.4) is 0 Å². The third-order valence-corrected chi connectivity index (χ3v) is 3.35. The molecule has 0 aliphatic rings. The van der Waals surface area contributed by atoms with Crippen molar-refractivity contribution in [2.75, 3.05) is 0 Å². The lowest BCUT2D eigenvalue weighted by atomic mass is 10.1. The molecule has 0 saturated carbocycles. The SMILES string of the molecule is Cc1cccc(-c2c(C#N)nnn2-c2cccc([N+](=O)[O-])c2)c1. The minimum Gasteiger partial charge on any atom is -0.258 e. The van der Waals surface area contributed by atoms with Gasteiger partial charge < -0.3 is 0 Å². The first kappa shape index (κ1) is 14.4. The Morgan fingerprint density at radius 3 is 2.70 bits per heavy atom. The predicted octanol–water partition coefficient (Wildman–Crippen LogP) is 3.02. The maximum Gasteiger partial charge on any atom is 0.271 e. The molecule has 112 valence electrons. The third-order valence-electron chi connectivity index (χ3n) is 3.35. The first-order valence-electron chi connectivity index (χ1n) is 6.78. The smallest absolute Gasteiger partial charge is 0.258 e. The van der Waals surface area contributed by atoms with E-state index < -0.39 is 4.92 Å². The lowest BCUT2D eigenvalue weighted by molar-refractivity contribution is -0.384. The molecular weight excluding hydrogens is 294 g/mol. The van der Waals surface area contributed by atoms with Gasteiger partial charge >= 0.3 is 0 Å². The predicted molar refractivity (Wildman–Crippen MR) is 82.9 cm³/mol. The molecule has 0 unspecified atom stereocenters. The maximum absolute atomic E-state index is 11.0. The summed E-state index contributed by atoms with van der Waals surface area (Å²) in [5, 5.41) is 28.1. The molecule has 2 aromatic carbocycles. The Kier molecular flexibility index (Phi) is 3.57. The Labute approximate surface area is 131 Å². The zero-order valence-corrected chi connectivity index (χ0v) is 12.2. The van der Waals surface area contributed by atoms with Crippen LogP contribution in [-0.2, 0) is 0 Å². The molecule has 7 nitrogen and oxygen atoms in total. The molecule has 0 fully saturated rings. The second-order valence-electron chi connectivity index (χ2n) is 4.96. The van der Waals surface area contributed by atoms with Gasteiger partial charge in [0.2, 0.25) is 0 Å². The van der Waals surface area contributed by atoms with Gasteiger partial charge in [-0.2, -0.15) is 5.26 Å². The zero-order valence-electron chi connectivity index (χ0n) is 12.2. The van der Waals surface area contributed by atoms with Crippen molar-refractivity contribution in [3.63, 3.8) is 0 Å². The van der Waals surface area contributed by atoms with Gasteiger partial charge in [-0.15, -0.1) is 5.10 Å². The van der Waals surface area contributed by atoms with Gasteiger partial charge in [0.05, 0.1) is 10.6 Å². The van der Waals surface area contributed by atoms with Gasteiger partial charge in [0.15, 0.2) is 5.69 Å². The van der Waals surface area contributed by atoms with E-state index in [1.54, 1.807) is 12.1 Å². The van der Waals surface area contributed by atoms with Crippen molar-refractivity contribution in [3.05, 3.63) is 69.9 Å². The van der Waals surface area contributed by atoms with Gasteiger partial charge in [0.25, 0.3) is 5.69 Å². The largest absolute Gasteiger partial charge is 0.271 e. The van der Waals surface area contributed by atoms with E-state index in [0.29, 0.717) is 11.4 Å². The maximum atomic E-state index is 11.0. The zero-order chi connectivity index (χ0) is 16.4. The molecule has 0 spiro atoms. The fourth-order valence-corrected chi connectivity index (χ4v) is 2.33. The quantitative estimate of drug-likeness (QED) is 0.547. The second-order valence-corrected chi connectivity index (χ2v) is 4.96. The number of nitro groups is 1. The highest BCUT2D eigenvalue weighted by Crippen LogP contribution is 2.27. The Bertz CT molecular complexity index is 940. The van der Waals surface area contributed by atoms with Gasteiger partial charge in [-0.1, -0.05) is 35.0 Å². The summed E-state index contributed by atoms with van der Waals surface area (Å²) in [4.78, 5) is 10.5. The number of aromatic nitrogens is 3. The minimum absolute atomic E-state index is 0.0494. The third kappa shape index (κ3) is 2.65. The van der Waals surface area contributed by atoms with Gasteiger partial charge in [-0.3, -0.25) is 10.1 Å². The van der Waals surface area contributed by atoms with Crippen molar-refractivity contribution in [2.24, 2.45) is 0 Å². The number of hydrogen-bond acceptors (Lipinski definition) is 5. The molecule has 1 heterocycles. The van der Waals surface area contributed by atoms with Crippen molar-refractivity contribution in [1.82, 2.24) is 15.0 Å². The standard InChI is InChI=1S/C16H11N5O2/c1-11-4-2-5-12(8-11)16-15(10-17)18-19-20(16)13-6-3-7-14(9-13)21(22)23/h2-9H,1H3. The average molecular weight is 305 g/mol. The Hall–Kier alpha value is -3.53. The van der Waals surface area contributed by atoms with Gasteiger partial charge in [-0.05, 0) is 19.1 Å². The van der Waals surface area contributed by atoms with Gasteiger partial charge in [-0.25, -0.2) is 4.68 Å². The van der Waals surface area contributed by atoms with E-state index >= 15 is 0 Å². The number of nitro benzene ring substituents is 1. The summed E-state index contributed by atoms with van der Waals surface area (Å²) < 4.78 is 1.44. The van der Waals surface area contributed by atoms with Crippen LogP contribution in [0.15, 0.2) is 48.5 Å². The number of nitriles is 1.